The van der Waals surface area contributed by atoms with Gasteiger partial charge in [0.1, 0.15) is 0 Å². The quantitative estimate of drug-likeness (QED) is 0.527. The number of ether oxygens (including phenoxy) is 2. The molecule has 0 heterocycles. The maximum atomic E-state index is 14.3. The summed E-state index contributed by atoms with van der Waals surface area (Å²) in [6.07, 6.45) is 0. The van der Waals surface area contributed by atoms with E-state index < -0.39 is 23.9 Å². The van der Waals surface area contributed by atoms with E-state index in [1.165, 1.54) is 19.5 Å². The van der Waals surface area contributed by atoms with Crippen LogP contribution in [0.15, 0.2) is 42.5 Å². The Labute approximate surface area is 144 Å². The van der Waals surface area contributed by atoms with Crippen molar-refractivity contribution in [3.63, 3.8) is 0 Å². The van der Waals surface area contributed by atoms with Gasteiger partial charge < -0.3 is 14.6 Å². The Morgan fingerprint density at radius 1 is 1.24 bits per heavy atom. The molecule has 6 nitrogen and oxygen atoms in total. The number of carbonyl (C=O) groups excluding carboxylic acids is 1. The summed E-state index contributed by atoms with van der Waals surface area (Å²) in [7, 11) is 1.41. The van der Waals surface area contributed by atoms with Gasteiger partial charge in [0.15, 0.2) is 17.2 Å². The number of hydrogen-bond acceptors (Lipinski definition) is 5. The predicted molar refractivity (Wildman–Crippen MR) is 88.6 cm³/mol. The van der Waals surface area contributed by atoms with Gasteiger partial charge >= 0.3 is 0 Å². The molecule has 2 aromatic carbocycles. The van der Waals surface area contributed by atoms with Gasteiger partial charge in [-0.2, -0.15) is 0 Å². The molecule has 0 saturated carbocycles. The molecule has 0 aromatic heterocycles. The van der Waals surface area contributed by atoms with Crippen LogP contribution in [0.3, 0.4) is 0 Å². The average Bonchev–Trinajstić information content (AvgIpc) is 2.66. The molecule has 0 bridgehead atoms. The molecule has 134 valence electrons. The Balaban J connectivity index is 2.14. The molecule has 3 N–H and O–H groups in total. The largest absolute Gasteiger partial charge is 0.494 e. The fraction of sp³-hybridized carbons (Fsp3) is 0.278. The molecular weight excluding hydrogens is 329 g/mol. The van der Waals surface area contributed by atoms with E-state index in [1.807, 2.05) is 0 Å². The zero-order valence-corrected chi connectivity index (χ0v) is 14.0. The van der Waals surface area contributed by atoms with Crippen molar-refractivity contribution in [3.8, 4) is 16.9 Å². The topological polar surface area (TPSA) is 88.0 Å². The molecule has 0 fully saturated rings. The standard InChI is InChI=1S/C18H20FNO5/c1-18(11-21,17(22)20-23)25-10-12-6-8-13(9-7-12)14-4-3-5-15(24-2)16(14)19/h3-9,21,23H,10-11H2,1-2H3,(H,20,22). The summed E-state index contributed by atoms with van der Waals surface area (Å²) in [6, 6.07) is 11.8. The predicted octanol–water partition coefficient (Wildman–Crippen LogP) is 2.27. The van der Waals surface area contributed by atoms with Gasteiger partial charge in [0.25, 0.3) is 5.91 Å². The van der Waals surface area contributed by atoms with Gasteiger partial charge in [0.05, 0.1) is 20.3 Å². The van der Waals surface area contributed by atoms with Crippen molar-refractivity contribution in [3.05, 3.63) is 53.8 Å². The van der Waals surface area contributed by atoms with E-state index in [0.29, 0.717) is 11.1 Å². The summed E-state index contributed by atoms with van der Waals surface area (Å²) in [5.74, 6) is -1.12. The Hall–Kier alpha value is -2.48. The third kappa shape index (κ3) is 4.14. The van der Waals surface area contributed by atoms with E-state index in [-0.39, 0.29) is 12.4 Å². The Bertz CT molecular complexity index is 735. The van der Waals surface area contributed by atoms with Gasteiger partial charge in [-0.25, -0.2) is 9.87 Å². The average molecular weight is 349 g/mol. The highest BCUT2D eigenvalue weighted by atomic mass is 19.1. The van der Waals surface area contributed by atoms with E-state index in [2.05, 4.69) is 0 Å². The van der Waals surface area contributed by atoms with Crippen LogP contribution in [0.5, 0.6) is 5.75 Å². The lowest BCUT2D eigenvalue weighted by molar-refractivity contribution is -0.161. The summed E-state index contributed by atoms with van der Waals surface area (Å²) < 4.78 is 24.7. The van der Waals surface area contributed by atoms with Gasteiger partial charge in [-0.05, 0) is 24.1 Å². The molecule has 0 spiro atoms. The van der Waals surface area contributed by atoms with Crippen molar-refractivity contribution in [1.29, 1.82) is 0 Å². The van der Waals surface area contributed by atoms with Crippen LogP contribution in [0.4, 0.5) is 4.39 Å². The first-order chi connectivity index (χ1) is 11.9. The van der Waals surface area contributed by atoms with Crippen LogP contribution in [-0.2, 0) is 16.1 Å². The fourth-order valence-electron chi connectivity index (χ4n) is 2.22. The highest BCUT2D eigenvalue weighted by Crippen LogP contribution is 2.29. The smallest absolute Gasteiger partial charge is 0.277 e. The zero-order valence-electron chi connectivity index (χ0n) is 14.0. The van der Waals surface area contributed by atoms with Crippen LogP contribution >= 0.6 is 0 Å². The van der Waals surface area contributed by atoms with Crippen molar-refractivity contribution in [1.82, 2.24) is 5.48 Å². The van der Waals surface area contributed by atoms with E-state index >= 15 is 0 Å². The van der Waals surface area contributed by atoms with Crippen LogP contribution in [0.1, 0.15) is 12.5 Å². The summed E-state index contributed by atoms with van der Waals surface area (Å²) in [4.78, 5) is 11.5. The third-order valence-corrected chi connectivity index (χ3v) is 3.89. The molecule has 1 atom stereocenters. The molecular formula is C18H20FNO5. The summed E-state index contributed by atoms with van der Waals surface area (Å²) in [5, 5.41) is 18.0. The number of hydrogen-bond donors (Lipinski definition) is 3. The van der Waals surface area contributed by atoms with E-state index in [1.54, 1.807) is 42.5 Å². The highest BCUT2D eigenvalue weighted by Gasteiger charge is 2.33. The number of carbonyl (C=O) groups is 1. The molecule has 0 aliphatic carbocycles. The van der Waals surface area contributed by atoms with Crippen LogP contribution in [0.25, 0.3) is 11.1 Å². The summed E-state index contributed by atoms with van der Waals surface area (Å²) >= 11 is 0. The molecule has 0 saturated heterocycles. The minimum absolute atomic E-state index is 0.0331. The van der Waals surface area contributed by atoms with Crippen molar-refractivity contribution < 1.29 is 29.0 Å². The molecule has 25 heavy (non-hydrogen) atoms. The number of benzene rings is 2. The Morgan fingerprint density at radius 3 is 2.48 bits per heavy atom. The first-order valence-electron chi connectivity index (χ1n) is 7.56. The maximum Gasteiger partial charge on any atom is 0.277 e. The lowest BCUT2D eigenvalue weighted by atomic mass is 10.0. The molecule has 0 radical (unpaired) electrons. The zero-order chi connectivity index (χ0) is 18.4. The number of aliphatic hydroxyl groups excluding tert-OH is 1. The van der Waals surface area contributed by atoms with Crippen molar-refractivity contribution in [2.45, 2.75) is 19.1 Å². The maximum absolute atomic E-state index is 14.3. The van der Waals surface area contributed by atoms with Crippen molar-refractivity contribution >= 4 is 5.91 Å². The lowest BCUT2D eigenvalue weighted by Gasteiger charge is -2.25. The second-order valence-corrected chi connectivity index (χ2v) is 5.64. The normalized spacial score (nSPS) is 13.2. The summed E-state index contributed by atoms with van der Waals surface area (Å²) in [5.41, 5.74) is 1.69. The van der Waals surface area contributed by atoms with E-state index in [0.717, 1.165) is 5.56 Å². The van der Waals surface area contributed by atoms with Crippen LogP contribution < -0.4 is 10.2 Å². The highest BCUT2D eigenvalue weighted by molar-refractivity contribution is 5.83. The van der Waals surface area contributed by atoms with Crippen LogP contribution in [0.2, 0.25) is 0 Å². The molecule has 2 aromatic rings. The third-order valence-electron chi connectivity index (χ3n) is 3.89. The number of hydroxylamine groups is 1. The summed E-state index contributed by atoms with van der Waals surface area (Å²) in [6.45, 7) is 0.802. The van der Waals surface area contributed by atoms with E-state index in [4.69, 9.17) is 14.7 Å². The number of methoxy groups -OCH3 is 1. The number of aliphatic hydroxyl groups is 1. The monoisotopic (exact) mass is 349 g/mol. The van der Waals surface area contributed by atoms with Gasteiger partial charge in [-0.15, -0.1) is 0 Å². The SMILES string of the molecule is COc1cccc(-c2ccc(COC(C)(CO)C(=O)NO)cc2)c1F. The fourth-order valence-corrected chi connectivity index (χ4v) is 2.22. The first-order valence-corrected chi connectivity index (χ1v) is 7.56. The molecule has 1 amide bonds. The van der Waals surface area contributed by atoms with Crippen molar-refractivity contribution in [2.24, 2.45) is 0 Å². The lowest BCUT2D eigenvalue weighted by Crippen LogP contribution is -2.48. The van der Waals surface area contributed by atoms with Crippen LogP contribution in [-0.4, -0.2) is 35.5 Å². The molecule has 1 unspecified atom stereocenters. The van der Waals surface area contributed by atoms with Gasteiger partial charge in [-0.3, -0.25) is 10.0 Å². The van der Waals surface area contributed by atoms with Crippen LogP contribution in [0, 0.1) is 5.82 Å². The van der Waals surface area contributed by atoms with Gasteiger partial charge in [0.2, 0.25) is 0 Å². The number of halogens is 1. The molecule has 7 heteroatoms. The van der Waals surface area contributed by atoms with Gasteiger partial charge in [0, 0.05) is 5.56 Å². The Morgan fingerprint density at radius 2 is 1.92 bits per heavy atom. The second kappa shape index (κ2) is 8.06. The Kier molecular flexibility index (Phi) is 6.08. The van der Waals surface area contributed by atoms with Gasteiger partial charge in [-0.1, -0.05) is 36.4 Å². The first kappa shape index (κ1) is 18.9. The minimum atomic E-state index is -1.56. The number of rotatable bonds is 7. The molecule has 2 rings (SSSR count). The second-order valence-electron chi connectivity index (χ2n) is 5.64. The number of nitrogens with one attached hydrogen (secondary N) is 1. The molecule has 0 aliphatic rings. The van der Waals surface area contributed by atoms with Crippen molar-refractivity contribution in [2.75, 3.05) is 13.7 Å². The minimum Gasteiger partial charge on any atom is -0.494 e. The number of amides is 1. The molecule has 0 aliphatic heterocycles. The van der Waals surface area contributed by atoms with E-state index in [9.17, 15) is 14.3 Å².